The number of aryl methyl sites for hydroxylation is 1. The van der Waals surface area contributed by atoms with Gasteiger partial charge < -0.3 is 25.2 Å². The third kappa shape index (κ3) is 7.42. The minimum Gasteiger partial charge on any atom is -0.479 e. The molecule has 2 saturated heterocycles. The number of piperazine rings is 1. The average Bonchev–Trinajstić information content (AvgIpc) is 3.09. The average molecular weight is 674 g/mol. The molecule has 0 bridgehead atoms. The van der Waals surface area contributed by atoms with E-state index in [1.807, 2.05) is 0 Å². The fourth-order valence-electron chi connectivity index (χ4n) is 6.32. The van der Waals surface area contributed by atoms with E-state index < -0.39 is 10.0 Å². The highest BCUT2D eigenvalue weighted by molar-refractivity contribution is 7.92. The van der Waals surface area contributed by atoms with Crippen molar-refractivity contribution in [3.8, 4) is 5.88 Å². The van der Waals surface area contributed by atoms with Crippen molar-refractivity contribution in [3.05, 3.63) is 54.5 Å². The lowest BCUT2D eigenvalue weighted by Gasteiger charge is -2.42. The number of rotatable bonds is 11. The highest BCUT2D eigenvalue weighted by atomic mass is 32.2. The number of benzene rings is 1. The molecule has 0 unspecified atom stereocenters. The van der Waals surface area contributed by atoms with Crippen LogP contribution in [0.1, 0.15) is 30.9 Å². The van der Waals surface area contributed by atoms with E-state index in [-0.39, 0.29) is 5.69 Å². The molecule has 14 nitrogen and oxygen atoms in total. The van der Waals surface area contributed by atoms with Crippen molar-refractivity contribution in [1.29, 1.82) is 0 Å². The summed E-state index contributed by atoms with van der Waals surface area (Å²) >= 11 is 0. The Morgan fingerprint density at radius 3 is 2.44 bits per heavy atom. The molecule has 2 aliphatic rings. The highest BCUT2D eigenvalue weighted by Gasteiger charge is 2.28. The summed E-state index contributed by atoms with van der Waals surface area (Å²) in [6.07, 6.45) is 10.4. The smallest absolute Gasteiger partial charge is 0.239 e. The lowest BCUT2D eigenvalue weighted by molar-refractivity contribution is 0.0981. The van der Waals surface area contributed by atoms with Crippen LogP contribution in [0.5, 0.6) is 5.88 Å². The summed E-state index contributed by atoms with van der Waals surface area (Å²) in [5.74, 6) is 2.10. The first-order valence-corrected chi connectivity index (χ1v) is 18.0. The Labute approximate surface area is 281 Å². The van der Waals surface area contributed by atoms with E-state index in [0.717, 1.165) is 76.2 Å². The van der Waals surface area contributed by atoms with Gasteiger partial charge in [-0.2, -0.15) is 9.97 Å². The van der Waals surface area contributed by atoms with Gasteiger partial charge in [-0.05, 0) is 50.1 Å². The molecule has 3 N–H and O–H groups in total. The van der Waals surface area contributed by atoms with E-state index in [1.54, 1.807) is 37.7 Å². The maximum absolute atomic E-state index is 12.3. The molecule has 6 rings (SSSR count). The number of ether oxygens (including phenoxy) is 1. The number of pyridine rings is 1. The topological polar surface area (TPSA) is 154 Å². The van der Waals surface area contributed by atoms with Crippen molar-refractivity contribution >= 4 is 61.8 Å². The number of nitrogens with one attached hydrogen (secondary N) is 3. The summed E-state index contributed by atoms with van der Waals surface area (Å²) in [6.45, 7) is 12.5. The molecule has 15 heteroatoms. The van der Waals surface area contributed by atoms with Crippen molar-refractivity contribution in [2.45, 2.75) is 32.2 Å². The van der Waals surface area contributed by atoms with Gasteiger partial charge in [0.05, 0.1) is 30.3 Å². The van der Waals surface area contributed by atoms with Gasteiger partial charge in [-0.3, -0.25) is 19.6 Å². The summed E-state index contributed by atoms with van der Waals surface area (Å²) in [5, 5.41) is 6.54. The molecule has 2 fully saturated rings. The van der Waals surface area contributed by atoms with Gasteiger partial charge in [0.2, 0.25) is 21.9 Å². The molecule has 1 aromatic carbocycles. The number of hydrogen-bond acceptors (Lipinski definition) is 13. The molecule has 5 heterocycles. The van der Waals surface area contributed by atoms with E-state index in [9.17, 15) is 8.42 Å². The van der Waals surface area contributed by atoms with Crippen LogP contribution in [-0.2, 0) is 16.4 Å². The maximum atomic E-state index is 12.3. The van der Waals surface area contributed by atoms with Gasteiger partial charge in [0, 0.05) is 69.5 Å². The Bertz CT molecular complexity index is 1890. The molecule has 48 heavy (non-hydrogen) atoms. The molecule has 0 amide bonds. The number of anilines is 6. The number of nitrogens with zero attached hydrogens (tertiary/aromatic N) is 8. The summed E-state index contributed by atoms with van der Waals surface area (Å²) in [5.41, 5.74) is 3.99. The van der Waals surface area contributed by atoms with E-state index in [0.29, 0.717) is 51.7 Å². The normalized spacial score (nSPS) is 16.5. The summed E-state index contributed by atoms with van der Waals surface area (Å²) in [4.78, 5) is 30.3. The molecule has 3 aromatic heterocycles. The molecule has 254 valence electrons. The quantitative estimate of drug-likeness (QED) is 0.210. The second kappa shape index (κ2) is 14.3. The first-order valence-electron chi connectivity index (χ1n) is 16.2. The lowest BCUT2D eigenvalue weighted by Crippen LogP contribution is -2.52. The molecule has 0 saturated carbocycles. The number of aromatic nitrogens is 5. The monoisotopic (exact) mass is 673 g/mol. The van der Waals surface area contributed by atoms with Crippen LogP contribution in [-0.4, -0.2) is 109 Å². The highest BCUT2D eigenvalue weighted by Crippen LogP contribution is 2.36. The first-order chi connectivity index (χ1) is 23.1. The molecular formula is C33H43N11O3S. The summed E-state index contributed by atoms with van der Waals surface area (Å²) in [6, 6.07) is 6.15. The number of sulfonamides is 1. The number of piperidine rings is 1. The Hall–Kier alpha value is -4.60. The van der Waals surface area contributed by atoms with Crippen LogP contribution in [0.25, 0.3) is 17.1 Å². The number of hydrogen-bond donors (Lipinski definition) is 3. The van der Waals surface area contributed by atoms with Gasteiger partial charge in [-0.25, -0.2) is 13.4 Å². The molecular weight excluding hydrogens is 631 g/mol. The van der Waals surface area contributed by atoms with E-state index in [1.165, 1.54) is 6.20 Å². The van der Waals surface area contributed by atoms with E-state index >= 15 is 0 Å². The third-order valence-corrected chi connectivity index (χ3v) is 9.48. The third-order valence-electron chi connectivity index (χ3n) is 8.90. The van der Waals surface area contributed by atoms with Crippen LogP contribution in [0, 0.1) is 0 Å². The molecule has 0 spiro atoms. The Balaban J connectivity index is 1.24. The maximum Gasteiger partial charge on any atom is 0.239 e. The lowest BCUT2D eigenvalue weighted by atomic mass is 10.0. The Morgan fingerprint density at radius 1 is 1.00 bits per heavy atom. The van der Waals surface area contributed by atoms with Crippen molar-refractivity contribution in [2.75, 3.05) is 79.9 Å². The minimum atomic E-state index is -3.64. The first kappa shape index (κ1) is 33.3. The van der Waals surface area contributed by atoms with Gasteiger partial charge in [0.25, 0.3) is 0 Å². The van der Waals surface area contributed by atoms with Crippen LogP contribution >= 0.6 is 0 Å². The largest absolute Gasteiger partial charge is 0.479 e. The minimum absolute atomic E-state index is 0.257. The number of likely N-dealkylation sites (N-methyl/N-ethyl adjacent to an activating group) is 1. The van der Waals surface area contributed by atoms with Crippen molar-refractivity contribution in [2.24, 2.45) is 0 Å². The van der Waals surface area contributed by atoms with Crippen molar-refractivity contribution in [1.82, 2.24) is 34.7 Å². The molecule has 4 aromatic rings. The summed E-state index contributed by atoms with van der Waals surface area (Å²) < 4.78 is 32.9. The zero-order valence-electron chi connectivity index (χ0n) is 27.9. The van der Waals surface area contributed by atoms with Crippen LogP contribution in [0.2, 0.25) is 0 Å². The zero-order valence-corrected chi connectivity index (χ0v) is 28.7. The zero-order chi connectivity index (χ0) is 33.8. The predicted molar refractivity (Wildman–Crippen MR) is 191 cm³/mol. The van der Waals surface area contributed by atoms with Crippen LogP contribution < -0.4 is 25.0 Å². The van der Waals surface area contributed by atoms with Gasteiger partial charge in [0.1, 0.15) is 22.8 Å². The van der Waals surface area contributed by atoms with Crippen molar-refractivity contribution in [3.63, 3.8) is 0 Å². The standard InChI is InChI=1S/C33H43N11O3S/c1-6-22-20-27(32(47-4)40-31(22)44-14-10-24(11-15-44)43-18-16-42(3)17-19-43)38-33-36-21-23(7-2)30(39-33)37-26-9-8-25-28(35-13-12-34-25)29(26)41-48(5,45)46/h7-9,12-13,20-21,24,41H,2,6,10-11,14-19H2,1,3-5H3,(H2,36,37,38,39). The fourth-order valence-corrected chi connectivity index (χ4v) is 6.89. The second-order valence-electron chi connectivity index (χ2n) is 12.2. The van der Waals surface area contributed by atoms with Crippen molar-refractivity contribution < 1.29 is 13.2 Å². The Morgan fingerprint density at radius 2 is 1.75 bits per heavy atom. The van der Waals surface area contributed by atoms with Gasteiger partial charge in [-0.15, -0.1) is 0 Å². The molecule has 0 radical (unpaired) electrons. The number of fused-ring (bicyclic) bond motifs is 1. The van der Waals surface area contributed by atoms with Gasteiger partial charge in [-0.1, -0.05) is 19.6 Å². The fraction of sp³-hybridized carbons (Fsp3) is 0.424. The van der Waals surface area contributed by atoms with Gasteiger partial charge in [0.15, 0.2) is 0 Å². The SMILES string of the molecule is C=Cc1cnc(Nc2cc(CC)c(N3CCC(N4CCN(C)CC4)CC3)nc2OC)nc1Nc1ccc2nccnc2c1NS(C)(=O)=O. The number of methoxy groups -OCH3 is 1. The Kier molecular flexibility index (Phi) is 9.89. The van der Waals surface area contributed by atoms with Crippen LogP contribution in [0.4, 0.5) is 34.6 Å². The van der Waals surface area contributed by atoms with Crippen LogP contribution in [0.15, 0.2) is 43.4 Å². The second-order valence-corrected chi connectivity index (χ2v) is 13.9. The molecule has 2 aliphatic heterocycles. The molecule has 0 aliphatic carbocycles. The predicted octanol–water partition coefficient (Wildman–Crippen LogP) is 4.10. The van der Waals surface area contributed by atoms with Gasteiger partial charge >= 0.3 is 0 Å². The molecule has 0 atom stereocenters. The summed E-state index contributed by atoms with van der Waals surface area (Å²) in [7, 11) is 0.168. The van der Waals surface area contributed by atoms with E-state index in [4.69, 9.17) is 14.7 Å². The van der Waals surface area contributed by atoms with E-state index in [2.05, 4.69) is 71.6 Å². The van der Waals surface area contributed by atoms with Crippen LogP contribution in [0.3, 0.4) is 0 Å².